The Labute approximate surface area is 101 Å². The molecule has 1 fully saturated rings. The zero-order valence-corrected chi connectivity index (χ0v) is 9.63. The number of alkyl halides is 3. The number of fused-ring (bicyclic) bond motifs is 1. The van der Waals surface area contributed by atoms with Crippen molar-refractivity contribution in [2.45, 2.75) is 18.5 Å². The van der Waals surface area contributed by atoms with Gasteiger partial charge in [0.15, 0.2) is 11.5 Å². The Morgan fingerprint density at radius 3 is 2.22 bits per heavy atom. The summed E-state index contributed by atoms with van der Waals surface area (Å²) in [6.07, 6.45) is -4.33. The quantitative estimate of drug-likeness (QED) is 0.776. The number of hydrogen-bond acceptors (Lipinski definition) is 3. The number of rotatable bonds is 1. The third kappa shape index (κ3) is 1.41. The van der Waals surface area contributed by atoms with Crippen molar-refractivity contribution >= 4 is 0 Å². The Balaban J connectivity index is 2.11. The molecular weight excluding hydrogens is 249 g/mol. The van der Waals surface area contributed by atoms with Crippen molar-refractivity contribution in [3.05, 3.63) is 23.3 Å². The van der Waals surface area contributed by atoms with Crippen LogP contribution in [0.25, 0.3) is 0 Å². The van der Waals surface area contributed by atoms with Gasteiger partial charge in [-0.3, -0.25) is 0 Å². The summed E-state index contributed by atoms with van der Waals surface area (Å²) in [6, 6.07) is 3.01. The van der Waals surface area contributed by atoms with Gasteiger partial charge in [0, 0.05) is 0 Å². The fraction of sp³-hybridized carbons (Fsp3) is 0.500. The van der Waals surface area contributed by atoms with Crippen LogP contribution in [0.4, 0.5) is 13.2 Å². The van der Waals surface area contributed by atoms with Crippen molar-refractivity contribution in [3.8, 4) is 11.5 Å². The summed E-state index contributed by atoms with van der Waals surface area (Å²) in [4.78, 5) is 0. The lowest BCUT2D eigenvalue weighted by molar-refractivity contribution is -0.262. The summed E-state index contributed by atoms with van der Waals surface area (Å²) >= 11 is 0. The van der Waals surface area contributed by atoms with E-state index < -0.39 is 11.6 Å². The molecule has 0 unspecified atom stereocenters. The van der Waals surface area contributed by atoms with Gasteiger partial charge < -0.3 is 14.2 Å². The van der Waals surface area contributed by atoms with Gasteiger partial charge in [0.1, 0.15) is 5.41 Å². The van der Waals surface area contributed by atoms with Crippen LogP contribution < -0.4 is 9.47 Å². The van der Waals surface area contributed by atoms with Crippen molar-refractivity contribution in [3.63, 3.8) is 0 Å². The molecule has 2 aliphatic rings. The van der Waals surface area contributed by atoms with Gasteiger partial charge in [-0.2, -0.15) is 13.2 Å². The minimum atomic E-state index is -4.33. The number of halogens is 3. The van der Waals surface area contributed by atoms with Crippen LogP contribution in [-0.2, 0) is 10.2 Å². The van der Waals surface area contributed by atoms with E-state index in [1.807, 2.05) is 0 Å². The van der Waals surface area contributed by atoms with Crippen LogP contribution in [-0.4, -0.2) is 26.2 Å². The first-order valence-corrected chi connectivity index (χ1v) is 5.49. The molecule has 3 nitrogen and oxygen atoms in total. The van der Waals surface area contributed by atoms with Crippen molar-refractivity contribution in [1.29, 1.82) is 0 Å². The van der Waals surface area contributed by atoms with E-state index in [1.54, 1.807) is 13.0 Å². The summed E-state index contributed by atoms with van der Waals surface area (Å²) in [5.41, 5.74) is -1.15. The van der Waals surface area contributed by atoms with Gasteiger partial charge in [0.2, 0.25) is 6.79 Å². The fourth-order valence-corrected chi connectivity index (χ4v) is 2.34. The minimum Gasteiger partial charge on any atom is -0.454 e. The highest BCUT2D eigenvalue weighted by Crippen LogP contribution is 2.49. The molecule has 0 amide bonds. The van der Waals surface area contributed by atoms with E-state index in [-0.39, 0.29) is 25.6 Å². The monoisotopic (exact) mass is 260 g/mol. The second-order valence-corrected chi connectivity index (χ2v) is 4.59. The molecule has 0 spiro atoms. The molecule has 0 aromatic heterocycles. The molecule has 2 aliphatic heterocycles. The summed E-state index contributed by atoms with van der Waals surface area (Å²) in [5, 5.41) is 0. The zero-order chi connectivity index (χ0) is 13.0. The Morgan fingerprint density at radius 2 is 1.72 bits per heavy atom. The number of aryl methyl sites for hydroxylation is 1. The Morgan fingerprint density at radius 1 is 1.11 bits per heavy atom. The van der Waals surface area contributed by atoms with E-state index >= 15 is 0 Å². The highest BCUT2D eigenvalue weighted by molar-refractivity contribution is 5.52. The van der Waals surface area contributed by atoms with Gasteiger partial charge in [-0.15, -0.1) is 0 Å². The lowest BCUT2D eigenvalue weighted by Crippen LogP contribution is -2.57. The molecule has 0 N–H and O–H groups in total. The predicted molar refractivity (Wildman–Crippen MR) is 55.9 cm³/mol. The average molecular weight is 260 g/mol. The molecule has 98 valence electrons. The lowest BCUT2D eigenvalue weighted by Gasteiger charge is -2.43. The second kappa shape index (κ2) is 3.54. The van der Waals surface area contributed by atoms with Crippen LogP contribution in [0, 0.1) is 6.92 Å². The summed E-state index contributed by atoms with van der Waals surface area (Å²) in [6.45, 7) is 1.02. The lowest BCUT2D eigenvalue weighted by atomic mass is 9.76. The van der Waals surface area contributed by atoms with Gasteiger partial charge in [0.05, 0.1) is 13.2 Å². The Kier molecular flexibility index (Phi) is 2.29. The standard InChI is InChI=1S/C12H11F3O3/c1-7-2-9-10(18-6-17-9)3-8(7)11(4-16-5-11)12(13,14)15/h2-3H,4-6H2,1H3. The number of ether oxygens (including phenoxy) is 3. The molecular formula is C12H11F3O3. The van der Waals surface area contributed by atoms with Crippen LogP contribution in [0.15, 0.2) is 12.1 Å². The van der Waals surface area contributed by atoms with E-state index in [1.165, 1.54) is 6.07 Å². The number of benzene rings is 1. The van der Waals surface area contributed by atoms with E-state index in [4.69, 9.17) is 14.2 Å². The largest absolute Gasteiger partial charge is 0.454 e. The smallest absolute Gasteiger partial charge is 0.402 e. The molecule has 0 radical (unpaired) electrons. The van der Waals surface area contributed by atoms with Gasteiger partial charge >= 0.3 is 6.18 Å². The van der Waals surface area contributed by atoms with E-state index in [0.717, 1.165) is 0 Å². The van der Waals surface area contributed by atoms with E-state index in [2.05, 4.69) is 0 Å². The van der Waals surface area contributed by atoms with Crippen LogP contribution in [0.2, 0.25) is 0 Å². The average Bonchev–Trinajstić information content (AvgIpc) is 2.60. The molecule has 0 atom stereocenters. The Hall–Kier alpha value is -1.43. The van der Waals surface area contributed by atoms with Crippen LogP contribution in [0.3, 0.4) is 0 Å². The van der Waals surface area contributed by atoms with Crippen molar-refractivity contribution in [1.82, 2.24) is 0 Å². The van der Waals surface area contributed by atoms with E-state index in [0.29, 0.717) is 17.1 Å². The third-order valence-corrected chi connectivity index (χ3v) is 3.47. The van der Waals surface area contributed by atoms with Gasteiger partial charge in [-0.05, 0) is 30.2 Å². The molecule has 18 heavy (non-hydrogen) atoms. The SMILES string of the molecule is Cc1cc2c(cc1C1(C(F)(F)F)COC1)OCO2. The molecule has 6 heteroatoms. The predicted octanol–water partition coefficient (Wildman–Crippen LogP) is 2.55. The van der Waals surface area contributed by atoms with Crippen molar-refractivity contribution in [2.75, 3.05) is 20.0 Å². The highest BCUT2D eigenvalue weighted by Gasteiger charge is 2.61. The highest BCUT2D eigenvalue weighted by atomic mass is 19.4. The van der Waals surface area contributed by atoms with Crippen LogP contribution in [0.5, 0.6) is 11.5 Å². The molecule has 1 aromatic carbocycles. The first-order valence-electron chi connectivity index (χ1n) is 5.49. The van der Waals surface area contributed by atoms with E-state index in [9.17, 15) is 13.2 Å². The maximum absolute atomic E-state index is 13.2. The molecule has 3 rings (SSSR count). The van der Waals surface area contributed by atoms with Gasteiger partial charge in [-0.25, -0.2) is 0 Å². The van der Waals surface area contributed by atoms with Gasteiger partial charge in [0.25, 0.3) is 0 Å². The Bertz CT molecular complexity index is 492. The summed E-state index contributed by atoms with van der Waals surface area (Å²) in [5.74, 6) is 0.861. The minimum absolute atomic E-state index is 0.0493. The molecule has 2 heterocycles. The topological polar surface area (TPSA) is 27.7 Å². The fourth-order valence-electron chi connectivity index (χ4n) is 2.34. The zero-order valence-electron chi connectivity index (χ0n) is 9.63. The molecule has 0 bridgehead atoms. The second-order valence-electron chi connectivity index (χ2n) is 4.59. The maximum atomic E-state index is 13.2. The summed E-state index contributed by atoms with van der Waals surface area (Å²) in [7, 11) is 0. The molecule has 0 aliphatic carbocycles. The summed E-state index contributed by atoms with van der Waals surface area (Å²) < 4.78 is 54.8. The molecule has 1 aromatic rings. The van der Waals surface area contributed by atoms with Crippen LogP contribution in [0.1, 0.15) is 11.1 Å². The van der Waals surface area contributed by atoms with Crippen LogP contribution >= 0.6 is 0 Å². The molecule has 1 saturated heterocycles. The van der Waals surface area contributed by atoms with Crippen molar-refractivity contribution in [2.24, 2.45) is 0 Å². The maximum Gasteiger partial charge on any atom is 0.402 e. The first-order chi connectivity index (χ1) is 8.44. The van der Waals surface area contributed by atoms with Gasteiger partial charge in [-0.1, -0.05) is 0 Å². The normalized spacial score (nSPS) is 20.7. The third-order valence-electron chi connectivity index (χ3n) is 3.47. The number of hydrogen-bond donors (Lipinski definition) is 0. The first kappa shape index (κ1) is 11.6. The van der Waals surface area contributed by atoms with Crippen molar-refractivity contribution < 1.29 is 27.4 Å². The molecule has 0 saturated carbocycles.